The van der Waals surface area contributed by atoms with Crippen LogP contribution in [0.3, 0.4) is 0 Å². The van der Waals surface area contributed by atoms with Gasteiger partial charge in [0.1, 0.15) is 0 Å². The van der Waals surface area contributed by atoms with Gasteiger partial charge in [0.15, 0.2) is 0 Å². The lowest BCUT2D eigenvalue weighted by Crippen LogP contribution is -2.40. The van der Waals surface area contributed by atoms with E-state index < -0.39 is 0 Å². The van der Waals surface area contributed by atoms with Crippen LogP contribution >= 0.6 is 0 Å². The third-order valence-corrected chi connectivity index (χ3v) is 4.87. The average molecular weight is 283 g/mol. The van der Waals surface area contributed by atoms with Gasteiger partial charge in [-0.3, -0.25) is 4.90 Å². The van der Waals surface area contributed by atoms with E-state index in [4.69, 9.17) is 0 Å². The number of nitrogens with one attached hydrogen (secondary N) is 1. The summed E-state index contributed by atoms with van der Waals surface area (Å²) in [6, 6.07) is 1.48. The van der Waals surface area contributed by atoms with Gasteiger partial charge in [-0.05, 0) is 39.3 Å². The number of unbranched alkanes of at least 4 members (excludes halogenated alkanes) is 7. The molecule has 1 N–H and O–H groups in total. The van der Waals surface area contributed by atoms with E-state index in [1.807, 2.05) is 0 Å². The maximum absolute atomic E-state index is 3.68. The second kappa shape index (κ2) is 11.6. The summed E-state index contributed by atoms with van der Waals surface area (Å²) < 4.78 is 0. The van der Waals surface area contributed by atoms with Crippen LogP contribution < -0.4 is 5.32 Å². The fourth-order valence-electron chi connectivity index (χ4n) is 3.24. The normalized spacial score (nSPS) is 24.8. The van der Waals surface area contributed by atoms with Gasteiger partial charge in [-0.15, -0.1) is 0 Å². The molecule has 0 amide bonds. The Morgan fingerprint density at radius 3 is 2.25 bits per heavy atom. The highest BCUT2D eigenvalue weighted by atomic mass is 15.2. The van der Waals surface area contributed by atoms with E-state index >= 15 is 0 Å². The number of hydrogen-bond donors (Lipinski definition) is 1. The third kappa shape index (κ3) is 7.64. The first-order valence-electron chi connectivity index (χ1n) is 9.25. The Kier molecular flexibility index (Phi) is 10.4. The molecule has 2 nitrogen and oxygen atoms in total. The quantitative estimate of drug-likeness (QED) is 0.590. The summed E-state index contributed by atoms with van der Waals surface area (Å²) in [4.78, 5) is 2.73. The molecule has 1 rings (SSSR count). The maximum atomic E-state index is 3.68. The van der Waals surface area contributed by atoms with E-state index in [2.05, 4.69) is 31.0 Å². The topological polar surface area (TPSA) is 15.3 Å². The molecule has 1 aliphatic heterocycles. The summed E-state index contributed by atoms with van der Waals surface area (Å²) in [6.45, 7) is 10.8. The van der Waals surface area contributed by atoms with Crippen LogP contribution in [0, 0.1) is 0 Å². The van der Waals surface area contributed by atoms with E-state index in [-0.39, 0.29) is 0 Å². The van der Waals surface area contributed by atoms with Crippen LogP contribution in [0.25, 0.3) is 0 Å². The fraction of sp³-hybridized carbons (Fsp3) is 1.00. The molecular weight excluding hydrogens is 244 g/mol. The molecule has 0 aliphatic carbocycles. The van der Waals surface area contributed by atoms with Gasteiger partial charge in [0.05, 0.1) is 0 Å². The SMILES string of the molecule is CCCCCCCCCCN1CC(CC)NCCC1C. The number of rotatable bonds is 10. The highest BCUT2D eigenvalue weighted by Gasteiger charge is 2.20. The minimum atomic E-state index is 0.717. The van der Waals surface area contributed by atoms with Crippen LogP contribution in [0.15, 0.2) is 0 Å². The summed E-state index contributed by atoms with van der Waals surface area (Å²) in [5, 5.41) is 3.68. The molecular formula is C18H38N2. The number of nitrogens with zero attached hydrogens (tertiary/aromatic N) is 1. The zero-order chi connectivity index (χ0) is 14.6. The highest BCUT2D eigenvalue weighted by molar-refractivity contribution is 4.80. The lowest BCUT2D eigenvalue weighted by molar-refractivity contribution is 0.199. The smallest absolute Gasteiger partial charge is 0.0192 e. The van der Waals surface area contributed by atoms with E-state index in [0.29, 0.717) is 6.04 Å². The van der Waals surface area contributed by atoms with E-state index in [0.717, 1.165) is 6.04 Å². The molecule has 0 saturated carbocycles. The Bertz CT molecular complexity index is 217. The van der Waals surface area contributed by atoms with E-state index in [1.165, 1.54) is 83.8 Å². The lowest BCUT2D eigenvalue weighted by Gasteiger charge is -2.28. The van der Waals surface area contributed by atoms with Gasteiger partial charge in [0, 0.05) is 18.6 Å². The molecule has 1 fully saturated rings. The van der Waals surface area contributed by atoms with Crippen molar-refractivity contribution in [3.63, 3.8) is 0 Å². The fourth-order valence-corrected chi connectivity index (χ4v) is 3.24. The Labute approximate surface area is 127 Å². The van der Waals surface area contributed by atoms with Crippen molar-refractivity contribution in [2.75, 3.05) is 19.6 Å². The predicted molar refractivity (Wildman–Crippen MR) is 90.3 cm³/mol. The molecule has 2 unspecified atom stereocenters. The summed E-state index contributed by atoms with van der Waals surface area (Å²) in [5.74, 6) is 0. The van der Waals surface area contributed by atoms with Crippen molar-refractivity contribution in [3.8, 4) is 0 Å². The van der Waals surface area contributed by atoms with Crippen molar-refractivity contribution in [1.29, 1.82) is 0 Å². The van der Waals surface area contributed by atoms with Crippen LogP contribution in [-0.4, -0.2) is 36.6 Å². The molecule has 0 aromatic rings. The molecule has 2 atom stereocenters. The molecule has 1 heterocycles. The van der Waals surface area contributed by atoms with E-state index in [1.54, 1.807) is 0 Å². The minimum Gasteiger partial charge on any atom is -0.313 e. The average Bonchev–Trinajstić information content (AvgIpc) is 2.64. The van der Waals surface area contributed by atoms with Crippen molar-refractivity contribution >= 4 is 0 Å². The van der Waals surface area contributed by atoms with E-state index in [9.17, 15) is 0 Å². The molecule has 2 heteroatoms. The van der Waals surface area contributed by atoms with Crippen molar-refractivity contribution in [1.82, 2.24) is 10.2 Å². The van der Waals surface area contributed by atoms with Crippen LogP contribution in [0.1, 0.15) is 85.0 Å². The Balaban J connectivity index is 2.06. The molecule has 120 valence electrons. The monoisotopic (exact) mass is 282 g/mol. The molecule has 0 aromatic heterocycles. The second-order valence-electron chi connectivity index (χ2n) is 6.67. The standard InChI is InChI=1S/C18H38N2/c1-4-6-7-8-9-10-11-12-15-20-16-18(5-2)19-14-13-17(20)3/h17-19H,4-16H2,1-3H3. The molecule has 20 heavy (non-hydrogen) atoms. The number of hydrogen-bond acceptors (Lipinski definition) is 2. The first-order valence-corrected chi connectivity index (χ1v) is 9.25. The first-order chi connectivity index (χ1) is 9.77. The van der Waals surface area contributed by atoms with Crippen molar-refractivity contribution in [3.05, 3.63) is 0 Å². The highest BCUT2D eigenvalue weighted by Crippen LogP contribution is 2.13. The first kappa shape index (κ1) is 18.0. The maximum Gasteiger partial charge on any atom is 0.0192 e. The van der Waals surface area contributed by atoms with Crippen LogP contribution in [0.2, 0.25) is 0 Å². The molecule has 0 spiro atoms. The summed E-state index contributed by atoms with van der Waals surface area (Å²) in [6.07, 6.45) is 14.0. The molecule has 0 radical (unpaired) electrons. The van der Waals surface area contributed by atoms with Gasteiger partial charge < -0.3 is 5.32 Å². The van der Waals surface area contributed by atoms with Gasteiger partial charge in [0.2, 0.25) is 0 Å². The molecule has 1 aliphatic rings. The summed E-state index contributed by atoms with van der Waals surface area (Å²) >= 11 is 0. The van der Waals surface area contributed by atoms with Crippen molar-refractivity contribution < 1.29 is 0 Å². The van der Waals surface area contributed by atoms with Crippen molar-refractivity contribution in [2.24, 2.45) is 0 Å². The van der Waals surface area contributed by atoms with Crippen LogP contribution in [0.4, 0.5) is 0 Å². The summed E-state index contributed by atoms with van der Waals surface area (Å²) in [7, 11) is 0. The Morgan fingerprint density at radius 1 is 0.950 bits per heavy atom. The zero-order valence-corrected chi connectivity index (χ0v) is 14.3. The largest absolute Gasteiger partial charge is 0.313 e. The lowest BCUT2D eigenvalue weighted by atomic mass is 10.1. The van der Waals surface area contributed by atoms with Gasteiger partial charge in [0.25, 0.3) is 0 Å². The second-order valence-corrected chi connectivity index (χ2v) is 6.67. The van der Waals surface area contributed by atoms with Gasteiger partial charge in [-0.1, -0.05) is 58.8 Å². The Morgan fingerprint density at radius 2 is 1.60 bits per heavy atom. The van der Waals surface area contributed by atoms with Gasteiger partial charge in [-0.2, -0.15) is 0 Å². The van der Waals surface area contributed by atoms with Crippen LogP contribution in [0.5, 0.6) is 0 Å². The minimum absolute atomic E-state index is 0.717. The Hall–Kier alpha value is -0.0800. The predicted octanol–water partition coefficient (Wildman–Crippen LogP) is 4.59. The molecule has 0 aromatic carbocycles. The molecule has 0 bridgehead atoms. The summed E-state index contributed by atoms with van der Waals surface area (Å²) in [5.41, 5.74) is 0. The van der Waals surface area contributed by atoms with Crippen molar-refractivity contribution in [2.45, 2.75) is 97.1 Å². The van der Waals surface area contributed by atoms with Gasteiger partial charge >= 0.3 is 0 Å². The molecule has 1 saturated heterocycles. The van der Waals surface area contributed by atoms with Gasteiger partial charge in [-0.25, -0.2) is 0 Å². The van der Waals surface area contributed by atoms with Crippen LogP contribution in [-0.2, 0) is 0 Å². The third-order valence-electron chi connectivity index (χ3n) is 4.87. The zero-order valence-electron chi connectivity index (χ0n) is 14.3.